The van der Waals surface area contributed by atoms with Crippen LogP contribution in [0.1, 0.15) is 49.4 Å². The fraction of sp³-hybridized carbons (Fsp3) is 0.571. The number of carboxylic acids is 1. The summed E-state index contributed by atoms with van der Waals surface area (Å²) < 4.78 is 0.685. The number of anilines is 1. The van der Waals surface area contributed by atoms with Gasteiger partial charge in [0, 0.05) is 16.7 Å². The molecule has 1 aliphatic carbocycles. The predicted molar refractivity (Wildman–Crippen MR) is 78.6 cm³/mol. The molecule has 1 heterocycles. The van der Waals surface area contributed by atoms with Gasteiger partial charge in [-0.15, -0.1) is 0 Å². The van der Waals surface area contributed by atoms with Gasteiger partial charge in [-0.2, -0.15) is 0 Å². The summed E-state index contributed by atoms with van der Waals surface area (Å²) in [5.41, 5.74) is 0.228. The number of nitrogens with zero attached hydrogens (tertiary/aromatic N) is 1. The van der Waals surface area contributed by atoms with Crippen LogP contribution in [0.15, 0.2) is 16.7 Å². The smallest absolute Gasteiger partial charge is 0.339 e. The largest absolute Gasteiger partial charge is 0.478 e. The molecule has 5 heteroatoms. The molecule has 0 aliphatic heterocycles. The summed E-state index contributed by atoms with van der Waals surface area (Å²) in [6.45, 7) is 2.22. The van der Waals surface area contributed by atoms with E-state index in [1.807, 2.05) is 0 Å². The summed E-state index contributed by atoms with van der Waals surface area (Å²) in [6.07, 6.45) is 7.63. The average Bonchev–Trinajstić information content (AvgIpc) is 2.57. The lowest BCUT2D eigenvalue weighted by Gasteiger charge is -2.24. The summed E-state index contributed by atoms with van der Waals surface area (Å²) in [7, 11) is 0. The summed E-state index contributed by atoms with van der Waals surface area (Å²) in [6, 6.07) is 1.91. The van der Waals surface area contributed by atoms with Gasteiger partial charge in [-0.05, 0) is 40.8 Å². The number of pyridine rings is 1. The van der Waals surface area contributed by atoms with Crippen molar-refractivity contribution < 1.29 is 9.90 Å². The van der Waals surface area contributed by atoms with E-state index in [9.17, 15) is 9.90 Å². The number of hydrogen-bond acceptors (Lipinski definition) is 3. The van der Waals surface area contributed by atoms with Crippen molar-refractivity contribution in [2.75, 3.05) is 5.32 Å². The maximum atomic E-state index is 11.3. The van der Waals surface area contributed by atoms with E-state index >= 15 is 0 Å². The van der Waals surface area contributed by atoms with Gasteiger partial charge in [-0.3, -0.25) is 0 Å². The summed E-state index contributed by atoms with van der Waals surface area (Å²) >= 11 is 3.26. The Kier molecular flexibility index (Phi) is 4.80. The van der Waals surface area contributed by atoms with Crippen molar-refractivity contribution in [3.05, 3.63) is 22.3 Å². The molecule has 2 rings (SSSR count). The third kappa shape index (κ3) is 3.69. The molecule has 2 unspecified atom stereocenters. The first kappa shape index (κ1) is 14.3. The van der Waals surface area contributed by atoms with E-state index in [0.717, 1.165) is 6.42 Å². The molecule has 4 nitrogen and oxygen atoms in total. The highest BCUT2D eigenvalue weighted by Gasteiger charge is 2.22. The first-order chi connectivity index (χ1) is 9.08. The minimum Gasteiger partial charge on any atom is -0.478 e. The van der Waals surface area contributed by atoms with Gasteiger partial charge >= 0.3 is 5.97 Å². The Balaban J connectivity index is 2.19. The number of rotatable bonds is 3. The van der Waals surface area contributed by atoms with Gasteiger partial charge in [0.1, 0.15) is 11.4 Å². The van der Waals surface area contributed by atoms with E-state index in [0.29, 0.717) is 22.3 Å². The summed E-state index contributed by atoms with van der Waals surface area (Å²) in [4.78, 5) is 15.5. The van der Waals surface area contributed by atoms with Crippen LogP contribution < -0.4 is 5.32 Å². The van der Waals surface area contributed by atoms with Gasteiger partial charge < -0.3 is 10.4 Å². The number of carbonyl (C=O) groups is 1. The Morgan fingerprint density at radius 3 is 2.89 bits per heavy atom. The molecule has 1 fully saturated rings. The summed E-state index contributed by atoms with van der Waals surface area (Å²) in [5, 5.41) is 12.6. The van der Waals surface area contributed by atoms with Gasteiger partial charge in [0.25, 0.3) is 0 Å². The number of aromatic nitrogens is 1. The highest BCUT2D eigenvalue weighted by molar-refractivity contribution is 9.10. The molecule has 0 aromatic carbocycles. The van der Waals surface area contributed by atoms with Gasteiger partial charge in [0.05, 0.1) is 0 Å². The Bertz CT molecular complexity index is 465. The third-order valence-corrected chi connectivity index (χ3v) is 4.20. The van der Waals surface area contributed by atoms with Crippen LogP contribution in [-0.2, 0) is 0 Å². The molecular formula is C14H19BrN2O2. The van der Waals surface area contributed by atoms with Crippen molar-refractivity contribution >= 4 is 27.7 Å². The van der Waals surface area contributed by atoms with Crippen LogP contribution in [0.5, 0.6) is 0 Å². The van der Waals surface area contributed by atoms with Crippen LogP contribution in [0.4, 0.5) is 5.82 Å². The second-order valence-electron chi connectivity index (χ2n) is 5.22. The molecule has 1 aliphatic rings. The predicted octanol–water partition coefficient (Wildman–Crippen LogP) is 3.92. The molecule has 0 amide bonds. The number of carboxylic acid groups (broad SMARTS) is 1. The molecule has 104 valence electrons. The second kappa shape index (κ2) is 6.37. The average molecular weight is 327 g/mol. The zero-order valence-corrected chi connectivity index (χ0v) is 12.6. The Morgan fingerprint density at radius 2 is 2.16 bits per heavy atom. The number of nitrogens with one attached hydrogen (secondary N) is 1. The molecule has 0 bridgehead atoms. The molecule has 2 N–H and O–H groups in total. The highest BCUT2D eigenvalue weighted by Crippen LogP contribution is 2.27. The zero-order chi connectivity index (χ0) is 13.8. The number of hydrogen-bond donors (Lipinski definition) is 2. The molecule has 0 spiro atoms. The SMILES string of the molecule is CC1CCCCCC1Nc1ncc(Br)cc1C(=O)O. The van der Waals surface area contributed by atoms with Gasteiger partial charge in [-0.1, -0.05) is 26.2 Å². The highest BCUT2D eigenvalue weighted by atomic mass is 79.9. The molecule has 19 heavy (non-hydrogen) atoms. The van der Waals surface area contributed by atoms with Crippen LogP contribution in [-0.4, -0.2) is 22.1 Å². The standard InChI is InChI=1S/C14H19BrN2O2/c1-9-5-3-2-4-6-12(9)17-13-11(14(18)19)7-10(15)8-16-13/h7-9,12H,2-6H2,1H3,(H,16,17)(H,18,19). The Morgan fingerprint density at radius 1 is 1.42 bits per heavy atom. The monoisotopic (exact) mass is 326 g/mol. The quantitative estimate of drug-likeness (QED) is 0.826. The van der Waals surface area contributed by atoms with Gasteiger partial charge in [0.2, 0.25) is 0 Å². The normalized spacial score (nSPS) is 23.7. The topological polar surface area (TPSA) is 62.2 Å². The Hall–Kier alpha value is -1.10. The number of halogens is 1. The van der Waals surface area contributed by atoms with E-state index in [2.05, 4.69) is 33.2 Å². The minimum atomic E-state index is -0.947. The van der Waals surface area contributed by atoms with Crippen LogP contribution in [0.3, 0.4) is 0 Å². The van der Waals surface area contributed by atoms with Crippen LogP contribution in [0.2, 0.25) is 0 Å². The molecule has 0 saturated heterocycles. The van der Waals surface area contributed by atoms with Crippen molar-refractivity contribution in [3.63, 3.8) is 0 Å². The maximum absolute atomic E-state index is 11.3. The van der Waals surface area contributed by atoms with E-state index in [1.54, 1.807) is 12.3 Å². The van der Waals surface area contributed by atoms with E-state index in [-0.39, 0.29) is 5.56 Å². The molecule has 1 aromatic rings. The second-order valence-corrected chi connectivity index (χ2v) is 6.14. The number of aromatic carboxylic acids is 1. The first-order valence-electron chi connectivity index (χ1n) is 6.73. The lowest BCUT2D eigenvalue weighted by atomic mass is 9.97. The third-order valence-electron chi connectivity index (χ3n) is 3.77. The van der Waals surface area contributed by atoms with Crippen LogP contribution >= 0.6 is 15.9 Å². The lowest BCUT2D eigenvalue weighted by molar-refractivity contribution is 0.0697. The van der Waals surface area contributed by atoms with Crippen molar-refractivity contribution in [2.24, 2.45) is 5.92 Å². The molecular weight excluding hydrogens is 308 g/mol. The fourth-order valence-electron chi connectivity index (χ4n) is 2.60. The summed E-state index contributed by atoms with van der Waals surface area (Å²) in [5.74, 6) is 0.0848. The molecule has 1 saturated carbocycles. The van der Waals surface area contributed by atoms with Crippen LogP contribution in [0.25, 0.3) is 0 Å². The zero-order valence-electron chi connectivity index (χ0n) is 11.0. The molecule has 1 aromatic heterocycles. The molecule has 2 atom stereocenters. The van der Waals surface area contributed by atoms with Gasteiger partial charge in [-0.25, -0.2) is 9.78 Å². The molecule has 0 radical (unpaired) electrons. The van der Waals surface area contributed by atoms with Crippen molar-refractivity contribution in [1.29, 1.82) is 0 Å². The minimum absolute atomic E-state index is 0.228. The van der Waals surface area contributed by atoms with Crippen LogP contribution in [0, 0.1) is 5.92 Å². The fourth-order valence-corrected chi connectivity index (χ4v) is 2.93. The lowest BCUT2D eigenvalue weighted by Crippen LogP contribution is -2.27. The van der Waals surface area contributed by atoms with E-state index in [1.165, 1.54) is 25.7 Å². The van der Waals surface area contributed by atoms with Gasteiger partial charge in [0.15, 0.2) is 0 Å². The first-order valence-corrected chi connectivity index (χ1v) is 7.52. The van der Waals surface area contributed by atoms with E-state index in [4.69, 9.17) is 0 Å². The van der Waals surface area contributed by atoms with Crippen molar-refractivity contribution in [3.8, 4) is 0 Å². The van der Waals surface area contributed by atoms with Crippen molar-refractivity contribution in [2.45, 2.75) is 45.1 Å². The van der Waals surface area contributed by atoms with Crippen molar-refractivity contribution in [1.82, 2.24) is 4.98 Å². The Labute approximate surface area is 121 Å². The maximum Gasteiger partial charge on any atom is 0.339 e. The van der Waals surface area contributed by atoms with E-state index < -0.39 is 5.97 Å².